The van der Waals surface area contributed by atoms with Gasteiger partial charge in [-0.15, -0.1) is 21.9 Å². The fourth-order valence-electron chi connectivity index (χ4n) is 8.06. The van der Waals surface area contributed by atoms with Gasteiger partial charge in [0.25, 0.3) is 0 Å². The molecule has 0 aromatic heterocycles. The van der Waals surface area contributed by atoms with E-state index in [2.05, 4.69) is 0 Å². The van der Waals surface area contributed by atoms with Crippen molar-refractivity contribution in [3.8, 4) is 0 Å². The first-order chi connectivity index (χ1) is 28.6. The van der Waals surface area contributed by atoms with Crippen molar-refractivity contribution < 1.29 is 87.8 Å². The van der Waals surface area contributed by atoms with E-state index in [1.165, 1.54) is 0 Å². The first kappa shape index (κ1) is 41.2. The Labute approximate surface area is 323 Å². The Morgan fingerprint density at radius 1 is 0.197 bits per heavy atom. The summed E-state index contributed by atoms with van der Waals surface area (Å²) in [5.41, 5.74) is -11.7. The summed E-state index contributed by atoms with van der Waals surface area (Å²) in [7, 11) is 0. The lowest BCUT2D eigenvalue weighted by Gasteiger charge is -2.45. The molecule has 0 atom stereocenters. The summed E-state index contributed by atoms with van der Waals surface area (Å²) in [6, 6.07) is -0.307. The van der Waals surface area contributed by atoms with Crippen LogP contribution in [0.25, 0.3) is 43.1 Å². The highest BCUT2D eigenvalue weighted by Gasteiger charge is 2.51. The Kier molecular flexibility index (Phi) is 9.29. The van der Waals surface area contributed by atoms with E-state index in [4.69, 9.17) is 0 Å². The summed E-state index contributed by atoms with van der Waals surface area (Å²) < 4.78 is 320. The molecule has 0 amide bonds. The van der Waals surface area contributed by atoms with Crippen LogP contribution in [0.4, 0.5) is 87.8 Å². The quantitative estimate of drug-likeness (QED) is 0.0939. The van der Waals surface area contributed by atoms with Crippen LogP contribution in [0.2, 0.25) is 0 Å². The topological polar surface area (TPSA) is 0 Å². The van der Waals surface area contributed by atoms with Crippen molar-refractivity contribution in [1.29, 1.82) is 0 Å². The van der Waals surface area contributed by atoms with Crippen LogP contribution in [0.3, 0.4) is 0 Å². The van der Waals surface area contributed by atoms with Crippen molar-refractivity contribution in [1.82, 2.24) is 0 Å². The molecule has 8 aromatic rings. The van der Waals surface area contributed by atoms with Crippen molar-refractivity contribution in [2.45, 2.75) is 0 Å². The van der Waals surface area contributed by atoms with E-state index in [1.807, 2.05) is 0 Å². The smallest absolute Gasteiger partial charge is 0.169 e. The van der Waals surface area contributed by atoms with Crippen LogP contribution in [0, 0.1) is 116 Å². The van der Waals surface area contributed by atoms with Crippen LogP contribution >= 0.6 is 0 Å². The van der Waals surface area contributed by atoms with E-state index in [-0.39, 0.29) is 48.5 Å². The molecule has 0 saturated carbocycles. The Bertz CT molecular complexity index is 2880. The zero-order valence-electron chi connectivity index (χ0n) is 28.8. The molecule has 0 aliphatic carbocycles. The monoisotopic (exact) mass is 879 g/mol. The number of hydrogen-bond acceptors (Lipinski definition) is 0. The van der Waals surface area contributed by atoms with Crippen LogP contribution in [0.1, 0.15) is 0 Å². The summed E-state index contributed by atoms with van der Waals surface area (Å²) in [6.07, 6.45) is -6.73. The van der Waals surface area contributed by atoms with Crippen molar-refractivity contribution >= 4 is 71.1 Å². The summed E-state index contributed by atoms with van der Waals surface area (Å²) in [5, 5.41) is -15.8. The minimum Gasteiger partial charge on any atom is -0.210 e. The molecule has 312 valence electrons. The minimum atomic E-state index is -6.73. The predicted molar refractivity (Wildman–Crippen MR) is 179 cm³/mol. The molecular weight excluding hydrogens is 871 g/mol. The summed E-state index contributed by atoms with van der Waals surface area (Å²) in [6.45, 7) is 0. The second-order valence-electron chi connectivity index (χ2n) is 13.4. The van der Waals surface area contributed by atoms with E-state index in [0.717, 1.165) is 0 Å². The average molecular weight is 879 g/mol. The van der Waals surface area contributed by atoms with Gasteiger partial charge in [0.05, 0.1) is 44.8 Å². The highest BCUT2D eigenvalue weighted by molar-refractivity contribution is 7.20. The maximum Gasteiger partial charge on any atom is 0.169 e. The van der Waals surface area contributed by atoms with Gasteiger partial charge < -0.3 is 0 Å². The van der Waals surface area contributed by atoms with Crippen molar-refractivity contribution in [3.05, 3.63) is 165 Å². The molecule has 21 heteroatoms. The van der Waals surface area contributed by atoms with Gasteiger partial charge >= 0.3 is 0 Å². The molecular formula is C40H8BF20-. The number of benzene rings is 8. The van der Waals surface area contributed by atoms with Gasteiger partial charge in [-0.3, -0.25) is 0 Å². The fourth-order valence-corrected chi connectivity index (χ4v) is 8.06. The predicted octanol–water partition coefficient (Wildman–Crippen LogP) is 10.5. The van der Waals surface area contributed by atoms with Crippen LogP contribution in [0.15, 0.2) is 48.5 Å². The molecule has 8 aromatic carbocycles. The Hall–Kier alpha value is -6.54. The SMILES string of the molecule is Fc1ccc2c(F)c([B-](c3c(F)c(F)c4c(F)c(F)ccc4c3F)(c3c(F)c(F)c4c(F)c(F)ccc4c3F)c3c(F)c(F)c4c(F)c(F)ccc4c3F)c(F)c(F)c2c1F. The third-order valence-electron chi connectivity index (χ3n) is 10.6. The molecule has 61 heavy (non-hydrogen) atoms. The third-order valence-corrected chi connectivity index (χ3v) is 10.6. The van der Waals surface area contributed by atoms with Crippen molar-refractivity contribution in [2.75, 3.05) is 0 Å². The van der Waals surface area contributed by atoms with Crippen LogP contribution in [0.5, 0.6) is 0 Å². The van der Waals surface area contributed by atoms with Gasteiger partial charge in [-0.1, -0.05) is 0 Å². The highest BCUT2D eigenvalue weighted by atomic mass is 19.2. The molecule has 0 nitrogen and oxygen atoms in total. The van der Waals surface area contributed by atoms with Crippen molar-refractivity contribution in [3.63, 3.8) is 0 Å². The molecule has 0 fully saturated rings. The number of hydrogen-bond donors (Lipinski definition) is 0. The molecule has 8 rings (SSSR count). The fraction of sp³-hybridized carbons (Fsp3) is 0. The van der Waals surface area contributed by atoms with E-state index in [0.29, 0.717) is 0 Å². The van der Waals surface area contributed by atoms with Gasteiger partial charge in [-0.2, -0.15) is 0 Å². The molecule has 0 radical (unpaired) electrons. The van der Waals surface area contributed by atoms with Crippen LogP contribution in [-0.4, -0.2) is 6.15 Å². The standard InChI is InChI=1S/C40H8BF20/c42-13-5-1-9-17(29(13)50)33(54)37(58)21(25(9)46)41(22-26(47)10-2-6-14(43)30(51)18(10)34(55)38(22)59,23-27(48)11-3-7-15(44)31(52)19(11)35(56)39(23)60)24-28(49)12-4-8-16(45)32(53)20(12)36(57)40(24)61/h1-8H/q-1. The Morgan fingerprint density at radius 3 is 0.557 bits per heavy atom. The molecule has 0 bridgehead atoms. The first-order valence-corrected chi connectivity index (χ1v) is 16.6. The van der Waals surface area contributed by atoms with E-state index in [1.54, 1.807) is 0 Å². The number of halogens is 20. The van der Waals surface area contributed by atoms with E-state index < -0.39 is 187 Å². The lowest BCUT2D eigenvalue weighted by Crippen LogP contribution is -2.80. The molecule has 0 aliphatic heterocycles. The lowest BCUT2D eigenvalue weighted by molar-refractivity contribution is 0.486. The largest absolute Gasteiger partial charge is 0.210 e. The number of rotatable bonds is 4. The maximum atomic E-state index is 17.3. The zero-order chi connectivity index (χ0) is 44.6. The molecule has 0 heterocycles. The Morgan fingerprint density at radius 2 is 0.377 bits per heavy atom. The minimum absolute atomic E-state index is 0.0144. The van der Waals surface area contributed by atoms with Gasteiger partial charge in [-0.05, 0) is 48.5 Å². The molecule has 0 aliphatic rings. The Balaban J connectivity index is 1.83. The van der Waals surface area contributed by atoms with Crippen molar-refractivity contribution in [2.24, 2.45) is 0 Å². The van der Waals surface area contributed by atoms with Crippen LogP contribution in [-0.2, 0) is 0 Å². The van der Waals surface area contributed by atoms with E-state index >= 15 is 70.2 Å². The van der Waals surface area contributed by atoms with Gasteiger partial charge in [0.1, 0.15) is 29.4 Å². The normalized spacial score (nSPS) is 12.3. The number of fused-ring (bicyclic) bond motifs is 4. The lowest BCUT2D eigenvalue weighted by atomic mass is 9.12. The third kappa shape index (κ3) is 5.17. The summed E-state index contributed by atoms with van der Waals surface area (Å²) >= 11 is 0. The molecule has 0 unspecified atom stereocenters. The second kappa shape index (κ2) is 13.7. The second-order valence-corrected chi connectivity index (χ2v) is 13.4. The summed E-state index contributed by atoms with van der Waals surface area (Å²) in [4.78, 5) is 0. The summed E-state index contributed by atoms with van der Waals surface area (Å²) in [5.74, 6) is -54.9. The highest BCUT2D eigenvalue weighted by Crippen LogP contribution is 2.37. The molecule has 0 saturated heterocycles. The van der Waals surface area contributed by atoms with Gasteiger partial charge in [0.15, 0.2) is 69.8 Å². The van der Waals surface area contributed by atoms with E-state index in [9.17, 15) is 17.6 Å². The van der Waals surface area contributed by atoms with Crippen LogP contribution < -0.4 is 21.9 Å². The molecule has 0 spiro atoms. The van der Waals surface area contributed by atoms with Gasteiger partial charge in [0, 0.05) is 21.5 Å². The maximum absolute atomic E-state index is 17.3. The van der Waals surface area contributed by atoms with Gasteiger partial charge in [0.2, 0.25) is 0 Å². The average Bonchev–Trinajstić information content (AvgIpc) is 3.21. The van der Waals surface area contributed by atoms with Gasteiger partial charge in [-0.25, -0.2) is 87.8 Å². The first-order valence-electron chi connectivity index (χ1n) is 16.6. The zero-order valence-corrected chi connectivity index (χ0v) is 28.8. The molecule has 0 N–H and O–H groups in total.